The Morgan fingerprint density at radius 1 is 1.08 bits per heavy atom. The number of halogens is 4. The molecule has 0 N–H and O–H groups in total. The maximum Gasteiger partial charge on any atom is 0.418 e. The SMILES string of the molecule is COC(=O)c1c(Oc2ccc(F)nc2C)nc(C)c(C(F)(F)F)c1C. The summed E-state index contributed by atoms with van der Waals surface area (Å²) in [5.41, 5.74) is -2.07. The smallest absolute Gasteiger partial charge is 0.418 e. The number of alkyl halides is 3. The minimum absolute atomic E-state index is 0.0533. The molecule has 0 aliphatic rings. The zero-order valence-electron chi connectivity index (χ0n) is 13.8. The van der Waals surface area contributed by atoms with E-state index in [1.54, 1.807) is 0 Å². The van der Waals surface area contributed by atoms with Crippen molar-refractivity contribution in [1.82, 2.24) is 9.97 Å². The van der Waals surface area contributed by atoms with E-state index in [1.165, 1.54) is 13.0 Å². The highest BCUT2D eigenvalue weighted by molar-refractivity contribution is 5.94. The maximum atomic E-state index is 13.2. The summed E-state index contributed by atoms with van der Waals surface area (Å²) in [6, 6.07) is 2.26. The van der Waals surface area contributed by atoms with Crippen molar-refractivity contribution < 1.29 is 31.8 Å². The molecule has 0 fully saturated rings. The van der Waals surface area contributed by atoms with Gasteiger partial charge in [0, 0.05) is 0 Å². The van der Waals surface area contributed by atoms with Gasteiger partial charge in [-0.25, -0.2) is 14.8 Å². The molecule has 2 heterocycles. The molecule has 0 aliphatic heterocycles. The minimum atomic E-state index is -4.70. The van der Waals surface area contributed by atoms with Crippen LogP contribution in [0.2, 0.25) is 0 Å². The Bertz CT molecular complexity index is 835. The Hall–Kier alpha value is -2.71. The van der Waals surface area contributed by atoms with Gasteiger partial charge < -0.3 is 9.47 Å². The second-order valence-corrected chi connectivity index (χ2v) is 5.19. The molecule has 0 saturated carbocycles. The topological polar surface area (TPSA) is 61.3 Å². The van der Waals surface area contributed by atoms with Crippen LogP contribution in [0.1, 0.15) is 32.9 Å². The Kier molecular flexibility index (Phi) is 4.96. The minimum Gasteiger partial charge on any atom is -0.465 e. The Labute approximate surface area is 140 Å². The van der Waals surface area contributed by atoms with Crippen LogP contribution in [-0.2, 0) is 10.9 Å². The largest absolute Gasteiger partial charge is 0.465 e. The van der Waals surface area contributed by atoms with Crippen LogP contribution in [0.15, 0.2) is 12.1 Å². The summed E-state index contributed by atoms with van der Waals surface area (Å²) in [6.07, 6.45) is -4.70. The summed E-state index contributed by atoms with van der Waals surface area (Å²) in [4.78, 5) is 19.3. The van der Waals surface area contributed by atoms with E-state index >= 15 is 0 Å². The van der Waals surface area contributed by atoms with Crippen molar-refractivity contribution in [3.8, 4) is 11.6 Å². The molecular weight excluding hydrogens is 344 g/mol. The van der Waals surface area contributed by atoms with E-state index in [0.717, 1.165) is 27.0 Å². The lowest BCUT2D eigenvalue weighted by molar-refractivity contribution is -0.138. The van der Waals surface area contributed by atoms with E-state index in [-0.39, 0.29) is 28.6 Å². The first-order valence-corrected chi connectivity index (χ1v) is 7.04. The molecule has 0 aliphatic carbocycles. The van der Waals surface area contributed by atoms with E-state index in [2.05, 4.69) is 14.7 Å². The summed E-state index contributed by atoms with van der Waals surface area (Å²) >= 11 is 0. The van der Waals surface area contributed by atoms with Gasteiger partial charge in [0.15, 0.2) is 5.75 Å². The molecule has 0 radical (unpaired) electrons. The molecule has 0 saturated heterocycles. The van der Waals surface area contributed by atoms with E-state index < -0.39 is 29.2 Å². The fourth-order valence-corrected chi connectivity index (χ4v) is 2.38. The van der Waals surface area contributed by atoms with Crippen LogP contribution in [0.5, 0.6) is 11.6 Å². The average molecular weight is 358 g/mol. The zero-order chi connectivity index (χ0) is 18.9. The monoisotopic (exact) mass is 358 g/mol. The van der Waals surface area contributed by atoms with E-state index in [9.17, 15) is 22.4 Å². The molecule has 2 aromatic heterocycles. The molecular formula is C16H14F4N2O3. The third-order valence-corrected chi connectivity index (χ3v) is 3.48. The molecule has 9 heteroatoms. The van der Waals surface area contributed by atoms with E-state index in [0.29, 0.717) is 0 Å². The lowest BCUT2D eigenvalue weighted by Crippen LogP contribution is -2.17. The van der Waals surface area contributed by atoms with Crippen LogP contribution >= 0.6 is 0 Å². The van der Waals surface area contributed by atoms with Crippen LogP contribution in [0.3, 0.4) is 0 Å². The lowest BCUT2D eigenvalue weighted by Gasteiger charge is -2.18. The molecule has 2 aromatic rings. The van der Waals surface area contributed by atoms with Gasteiger partial charge in [-0.2, -0.15) is 17.6 Å². The van der Waals surface area contributed by atoms with Crippen molar-refractivity contribution in [2.75, 3.05) is 7.11 Å². The number of hydrogen-bond donors (Lipinski definition) is 0. The fourth-order valence-electron chi connectivity index (χ4n) is 2.38. The van der Waals surface area contributed by atoms with Crippen molar-refractivity contribution in [3.63, 3.8) is 0 Å². The number of esters is 1. The summed E-state index contributed by atoms with van der Waals surface area (Å²) in [5, 5.41) is 0. The normalized spacial score (nSPS) is 11.4. The number of pyridine rings is 2. The van der Waals surface area contributed by atoms with Gasteiger partial charge in [-0.15, -0.1) is 0 Å². The summed E-state index contributed by atoms with van der Waals surface area (Å²) < 4.78 is 62.8. The Morgan fingerprint density at radius 2 is 1.72 bits per heavy atom. The van der Waals surface area contributed by atoms with Crippen LogP contribution < -0.4 is 4.74 Å². The summed E-state index contributed by atoms with van der Waals surface area (Å²) in [6.45, 7) is 3.73. The van der Waals surface area contributed by atoms with Crippen molar-refractivity contribution in [3.05, 3.63) is 46.2 Å². The highest BCUT2D eigenvalue weighted by atomic mass is 19.4. The van der Waals surface area contributed by atoms with Crippen molar-refractivity contribution in [2.45, 2.75) is 26.9 Å². The highest BCUT2D eigenvalue weighted by Crippen LogP contribution is 2.38. The average Bonchev–Trinajstić information content (AvgIpc) is 2.47. The number of hydrogen-bond acceptors (Lipinski definition) is 5. The first kappa shape index (κ1) is 18.6. The third-order valence-electron chi connectivity index (χ3n) is 3.48. The van der Waals surface area contributed by atoms with Crippen molar-refractivity contribution in [2.24, 2.45) is 0 Å². The molecule has 2 rings (SSSR count). The van der Waals surface area contributed by atoms with Crippen LogP contribution in [0.25, 0.3) is 0 Å². The Morgan fingerprint density at radius 3 is 2.24 bits per heavy atom. The molecule has 0 bridgehead atoms. The van der Waals surface area contributed by atoms with Crippen LogP contribution in [-0.4, -0.2) is 23.0 Å². The van der Waals surface area contributed by atoms with Crippen LogP contribution in [0, 0.1) is 26.7 Å². The van der Waals surface area contributed by atoms with Gasteiger partial charge in [0.1, 0.15) is 5.56 Å². The molecule has 0 atom stereocenters. The number of carbonyl (C=O) groups excluding carboxylic acids is 1. The molecule has 0 unspecified atom stereocenters. The van der Waals surface area contributed by atoms with Gasteiger partial charge in [0.2, 0.25) is 11.8 Å². The molecule has 25 heavy (non-hydrogen) atoms. The lowest BCUT2D eigenvalue weighted by atomic mass is 10.0. The zero-order valence-corrected chi connectivity index (χ0v) is 13.8. The molecule has 0 amide bonds. The van der Waals surface area contributed by atoms with Crippen molar-refractivity contribution >= 4 is 5.97 Å². The van der Waals surface area contributed by atoms with Gasteiger partial charge in [-0.1, -0.05) is 0 Å². The maximum absolute atomic E-state index is 13.2. The molecule has 5 nitrogen and oxygen atoms in total. The highest BCUT2D eigenvalue weighted by Gasteiger charge is 2.38. The van der Waals surface area contributed by atoms with Crippen molar-refractivity contribution in [1.29, 1.82) is 0 Å². The second-order valence-electron chi connectivity index (χ2n) is 5.19. The van der Waals surface area contributed by atoms with Crippen LogP contribution in [0.4, 0.5) is 17.6 Å². The number of nitrogens with zero attached hydrogens (tertiary/aromatic N) is 2. The third kappa shape index (κ3) is 3.70. The number of methoxy groups -OCH3 is 1. The first-order valence-electron chi connectivity index (χ1n) is 7.04. The predicted octanol–water partition coefficient (Wildman–Crippen LogP) is 4.14. The van der Waals surface area contributed by atoms with Gasteiger partial charge in [0.25, 0.3) is 0 Å². The predicted molar refractivity (Wildman–Crippen MR) is 79.1 cm³/mol. The number of rotatable bonds is 3. The Balaban J connectivity index is 2.67. The standard InChI is InChI=1S/C16H14F4N2O3/c1-7-12(15(23)24-4)14(22-9(3)13(7)16(18,19)20)25-10-5-6-11(17)21-8(10)2/h5-6H,1-4H3. The number of aryl methyl sites for hydroxylation is 2. The van der Waals surface area contributed by atoms with Gasteiger partial charge in [-0.3, -0.25) is 0 Å². The molecule has 0 spiro atoms. The second kappa shape index (κ2) is 6.66. The first-order chi connectivity index (χ1) is 11.6. The number of ether oxygens (including phenoxy) is 2. The summed E-state index contributed by atoms with van der Waals surface area (Å²) in [5.74, 6) is -2.09. The van der Waals surface area contributed by atoms with E-state index in [1.807, 2.05) is 0 Å². The van der Waals surface area contributed by atoms with Gasteiger partial charge in [0.05, 0.1) is 24.1 Å². The fraction of sp³-hybridized carbons (Fsp3) is 0.312. The summed E-state index contributed by atoms with van der Waals surface area (Å²) in [7, 11) is 1.03. The number of carbonyl (C=O) groups is 1. The molecule has 0 aromatic carbocycles. The quantitative estimate of drug-likeness (QED) is 0.469. The van der Waals surface area contributed by atoms with Gasteiger partial charge in [-0.05, 0) is 38.5 Å². The van der Waals surface area contributed by atoms with E-state index in [4.69, 9.17) is 4.74 Å². The number of aromatic nitrogens is 2. The van der Waals surface area contributed by atoms with Gasteiger partial charge >= 0.3 is 12.1 Å². The molecule has 134 valence electrons.